The molecule has 0 radical (unpaired) electrons. The van der Waals surface area contributed by atoms with E-state index in [0.29, 0.717) is 24.4 Å². The predicted octanol–water partition coefficient (Wildman–Crippen LogP) is 4.31. The normalized spacial score (nSPS) is 12.2. The molecule has 2 amide bonds. The molecule has 37 heavy (non-hydrogen) atoms. The molecule has 0 saturated heterocycles. The van der Waals surface area contributed by atoms with Crippen LogP contribution in [-0.2, 0) is 26.2 Å². The number of benzene rings is 2. The van der Waals surface area contributed by atoms with Gasteiger partial charge in [-0.1, -0.05) is 64.4 Å². The summed E-state index contributed by atoms with van der Waals surface area (Å²) in [5.41, 5.74) is 2.07. The molecule has 0 aromatic heterocycles. The third-order valence-corrected chi connectivity index (χ3v) is 7.34. The Morgan fingerprint density at radius 1 is 1.05 bits per heavy atom. The number of carbonyl (C=O) groups is 2. The summed E-state index contributed by atoms with van der Waals surface area (Å²) in [5, 5.41) is 2.93. The van der Waals surface area contributed by atoms with Gasteiger partial charge in [-0.05, 0) is 48.1 Å². The number of methoxy groups -OCH3 is 1. The lowest BCUT2D eigenvalue weighted by molar-refractivity contribution is -0.140. The van der Waals surface area contributed by atoms with Gasteiger partial charge >= 0.3 is 0 Å². The summed E-state index contributed by atoms with van der Waals surface area (Å²) < 4.78 is 32.3. The van der Waals surface area contributed by atoms with Gasteiger partial charge < -0.3 is 15.0 Å². The number of carbonyl (C=O) groups excluding carboxylic acids is 2. The molecule has 0 fully saturated rings. The number of nitrogens with zero attached hydrogens (tertiary/aromatic N) is 2. The smallest absolute Gasteiger partial charge is 0.244 e. The number of sulfonamides is 1. The molecule has 2 aromatic carbocycles. The van der Waals surface area contributed by atoms with Gasteiger partial charge in [0.05, 0.1) is 19.1 Å². The molecule has 0 bridgehead atoms. The molecule has 0 aliphatic heterocycles. The molecule has 8 nitrogen and oxygen atoms in total. The van der Waals surface area contributed by atoms with Crippen LogP contribution in [0.2, 0.25) is 0 Å². The Morgan fingerprint density at radius 2 is 1.76 bits per heavy atom. The van der Waals surface area contributed by atoms with E-state index >= 15 is 0 Å². The fraction of sp³-hybridized carbons (Fsp3) is 0.500. The molecule has 0 spiro atoms. The van der Waals surface area contributed by atoms with E-state index in [2.05, 4.69) is 5.32 Å². The summed E-state index contributed by atoms with van der Waals surface area (Å²) in [6.45, 7) is 8.08. The Labute approximate surface area is 222 Å². The summed E-state index contributed by atoms with van der Waals surface area (Å²) in [6, 6.07) is 13.7. The minimum Gasteiger partial charge on any atom is -0.497 e. The summed E-state index contributed by atoms with van der Waals surface area (Å²) >= 11 is 0. The molecule has 2 rings (SSSR count). The van der Waals surface area contributed by atoms with Crippen LogP contribution in [0, 0.1) is 0 Å². The van der Waals surface area contributed by atoms with Crippen LogP contribution in [-0.4, -0.2) is 57.6 Å². The zero-order valence-corrected chi connectivity index (χ0v) is 23.7. The van der Waals surface area contributed by atoms with Crippen LogP contribution in [0.1, 0.15) is 64.0 Å². The van der Waals surface area contributed by atoms with Crippen molar-refractivity contribution in [2.45, 2.75) is 65.5 Å². The SMILES string of the molecule is CCCCNC(=O)[C@@H](CC)N(Cc1cccc(OC)c1)C(=O)CN(c1ccccc1C(C)C)S(C)(=O)=O. The molecule has 0 aliphatic carbocycles. The molecule has 1 N–H and O–H groups in total. The van der Waals surface area contributed by atoms with Crippen LogP contribution in [0.3, 0.4) is 0 Å². The maximum absolute atomic E-state index is 13.9. The van der Waals surface area contributed by atoms with Gasteiger partial charge in [-0.2, -0.15) is 0 Å². The van der Waals surface area contributed by atoms with Crippen molar-refractivity contribution in [1.82, 2.24) is 10.2 Å². The first-order chi connectivity index (χ1) is 17.5. The Balaban J connectivity index is 2.48. The quantitative estimate of drug-likeness (QED) is 0.367. The molecular formula is C28H41N3O5S. The van der Waals surface area contributed by atoms with Gasteiger partial charge in [-0.25, -0.2) is 8.42 Å². The van der Waals surface area contributed by atoms with Crippen molar-refractivity contribution in [2.24, 2.45) is 0 Å². The van der Waals surface area contributed by atoms with E-state index in [-0.39, 0.29) is 18.4 Å². The molecule has 1 atom stereocenters. The summed E-state index contributed by atoms with van der Waals surface area (Å²) in [4.78, 5) is 28.5. The van der Waals surface area contributed by atoms with Gasteiger partial charge in [-0.3, -0.25) is 13.9 Å². The van der Waals surface area contributed by atoms with Gasteiger partial charge in [0.15, 0.2) is 0 Å². The second-order valence-electron chi connectivity index (χ2n) is 9.42. The number of rotatable bonds is 14. The Morgan fingerprint density at radius 3 is 2.35 bits per heavy atom. The van der Waals surface area contributed by atoms with Crippen molar-refractivity contribution in [2.75, 3.05) is 30.8 Å². The third kappa shape index (κ3) is 8.49. The van der Waals surface area contributed by atoms with Gasteiger partial charge in [0.25, 0.3) is 0 Å². The molecule has 0 aliphatic rings. The van der Waals surface area contributed by atoms with Crippen molar-refractivity contribution in [3.8, 4) is 5.75 Å². The largest absolute Gasteiger partial charge is 0.497 e. The Kier molecular flexibility index (Phi) is 11.4. The highest BCUT2D eigenvalue weighted by Crippen LogP contribution is 2.29. The Bertz CT molecular complexity index is 1150. The number of ether oxygens (including phenoxy) is 1. The number of hydrogen-bond acceptors (Lipinski definition) is 5. The topological polar surface area (TPSA) is 96.0 Å². The predicted molar refractivity (Wildman–Crippen MR) is 148 cm³/mol. The van der Waals surface area contributed by atoms with Crippen molar-refractivity contribution in [3.05, 3.63) is 59.7 Å². The maximum Gasteiger partial charge on any atom is 0.244 e. The van der Waals surface area contributed by atoms with E-state index in [1.165, 1.54) is 4.90 Å². The number of hydrogen-bond donors (Lipinski definition) is 1. The second kappa shape index (κ2) is 14.0. The average molecular weight is 532 g/mol. The fourth-order valence-electron chi connectivity index (χ4n) is 4.19. The number of anilines is 1. The van der Waals surface area contributed by atoms with Crippen LogP contribution in [0.25, 0.3) is 0 Å². The lowest BCUT2D eigenvalue weighted by Crippen LogP contribution is -2.52. The van der Waals surface area contributed by atoms with Gasteiger partial charge in [-0.15, -0.1) is 0 Å². The minimum atomic E-state index is -3.79. The van der Waals surface area contributed by atoms with Gasteiger partial charge in [0.2, 0.25) is 21.8 Å². The molecule has 9 heteroatoms. The first-order valence-electron chi connectivity index (χ1n) is 12.8. The fourth-order valence-corrected chi connectivity index (χ4v) is 5.06. The van der Waals surface area contributed by atoms with E-state index in [1.54, 1.807) is 25.3 Å². The monoisotopic (exact) mass is 531 g/mol. The van der Waals surface area contributed by atoms with Crippen molar-refractivity contribution in [1.29, 1.82) is 0 Å². The third-order valence-electron chi connectivity index (χ3n) is 6.21. The van der Waals surface area contributed by atoms with E-state index < -0.39 is 28.5 Å². The first-order valence-corrected chi connectivity index (χ1v) is 14.6. The highest BCUT2D eigenvalue weighted by molar-refractivity contribution is 7.92. The van der Waals surface area contributed by atoms with Crippen LogP contribution in [0.4, 0.5) is 5.69 Å². The standard InChI is InChI=1S/C28H41N3O5S/c1-7-9-17-29-28(33)25(8-2)30(19-22-13-12-14-23(18-22)36-5)27(32)20-31(37(6,34)35)26-16-11-10-15-24(26)21(3)4/h10-16,18,21,25H,7-9,17,19-20H2,1-6H3,(H,29,33)/t25-/m1/s1. The second-order valence-corrected chi connectivity index (χ2v) is 11.3. The molecular weight excluding hydrogens is 490 g/mol. The lowest BCUT2D eigenvalue weighted by Gasteiger charge is -2.33. The summed E-state index contributed by atoms with van der Waals surface area (Å²) in [7, 11) is -2.23. The maximum atomic E-state index is 13.9. The Hall–Kier alpha value is -3.07. The van der Waals surface area contributed by atoms with E-state index in [4.69, 9.17) is 4.74 Å². The zero-order valence-electron chi connectivity index (χ0n) is 22.9. The van der Waals surface area contributed by atoms with Crippen LogP contribution < -0.4 is 14.4 Å². The highest BCUT2D eigenvalue weighted by Gasteiger charge is 2.32. The molecule has 2 aromatic rings. The minimum absolute atomic E-state index is 0.0520. The first kappa shape index (κ1) is 30.2. The average Bonchev–Trinajstić information content (AvgIpc) is 2.86. The van der Waals surface area contributed by atoms with Gasteiger partial charge in [0.1, 0.15) is 18.3 Å². The number of unbranched alkanes of at least 4 members (excludes halogenated alkanes) is 1. The van der Waals surface area contributed by atoms with Crippen molar-refractivity contribution >= 4 is 27.5 Å². The number of para-hydroxylation sites is 1. The van der Waals surface area contributed by atoms with Gasteiger partial charge in [0, 0.05) is 13.1 Å². The van der Waals surface area contributed by atoms with E-state index in [9.17, 15) is 18.0 Å². The van der Waals surface area contributed by atoms with Crippen molar-refractivity contribution in [3.63, 3.8) is 0 Å². The van der Waals surface area contributed by atoms with Crippen LogP contribution in [0.5, 0.6) is 5.75 Å². The van der Waals surface area contributed by atoms with Crippen molar-refractivity contribution < 1.29 is 22.7 Å². The summed E-state index contributed by atoms with van der Waals surface area (Å²) in [6.07, 6.45) is 3.25. The van der Waals surface area contributed by atoms with Crippen LogP contribution >= 0.6 is 0 Å². The number of nitrogens with one attached hydrogen (secondary N) is 1. The molecule has 0 saturated carbocycles. The zero-order chi connectivity index (χ0) is 27.6. The molecule has 204 valence electrons. The lowest BCUT2D eigenvalue weighted by atomic mass is 10.0. The highest BCUT2D eigenvalue weighted by atomic mass is 32.2. The number of amides is 2. The van der Waals surface area contributed by atoms with Crippen LogP contribution in [0.15, 0.2) is 48.5 Å². The molecule has 0 unspecified atom stereocenters. The van der Waals surface area contributed by atoms with E-state index in [0.717, 1.165) is 34.5 Å². The van der Waals surface area contributed by atoms with E-state index in [1.807, 2.05) is 58.0 Å². The summed E-state index contributed by atoms with van der Waals surface area (Å²) in [5.74, 6) is -0.0184. The molecule has 0 heterocycles.